The number of ether oxygens (including phenoxy) is 1. The van der Waals surface area contributed by atoms with Gasteiger partial charge in [-0.3, -0.25) is 9.69 Å². The molecule has 0 bridgehead atoms. The second-order valence-electron chi connectivity index (χ2n) is 7.20. The van der Waals surface area contributed by atoms with Crippen LogP contribution in [0, 0.1) is 0 Å². The monoisotopic (exact) mass is 438 g/mol. The summed E-state index contributed by atoms with van der Waals surface area (Å²) in [5.74, 6) is 2.62. The Hall–Kier alpha value is -2.91. The molecule has 1 saturated heterocycles. The van der Waals surface area contributed by atoms with Crippen LogP contribution in [0.1, 0.15) is 23.1 Å². The van der Waals surface area contributed by atoms with Gasteiger partial charge < -0.3 is 9.64 Å². The first-order valence-electron chi connectivity index (χ1n) is 10.3. The van der Waals surface area contributed by atoms with Gasteiger partial charge in [0.05, 0.1) is 24.9 Å². The van der Waals surface area contributed by atoms with E-state index in [1.54, 1.807) is 23.6 Å². The molecule has 0 radical (unpaired) electrons. The van der Waals surface area contributed by atoms with Gasteiger partial charge in [0.15, 0.2) is 5.82 Å². The fraction of sp³-hybridized carbons (Fsp3) is 0.364. The lowest BCUT2D eigenvalue weighted by Crippen LogP contribution is -2.48. The number of carbonyl (C=O) groups is 1. The number of tetrazole rings is 1. The van der Waals surface area contributed by atoms with Crippen LogP contribution in [0.2, 0.25) is 0 Å². The van der Waals surface area contributed by atoms with Crippen molar-refractivity contribution in [2.45, 2.75) is 18.4 Å². The van der Waals surface area contributed by atoms with Gasteiger partial charge in [0.2, 0.25) is 0 Å². The Bertz CT molecular complexity index is 1010. The van der Waals surface area contributed by atoms with Crippen LogP contribution in [0.15, 0.2) is 53.4 Å². The third-order valence-electron chi connectivity index (χ3n) is 5.29. The van der Waals surface area contributed by atoms with Crippen molar-refractivity contribution in [2.24, 2.45) is 0 Å². The molecule has 3 aromatic rings. The van der Waals surface area contributed by atoms with Crippen molar-refractivity contribution in [3.8, 4) is 11.4 Å². The van der Waals surface area contributed by atoms with Gasteiger partial charge in [-0.05, 0) is 52.6 Å². The quantitative estimate of drug-likeness (QED) is 0.525. The van der Waals surface area contributed by atoms with Crippen LogP contribution in [0.5, 0.6) is 5.75 Å². The molecule has 8 nitrogen and oxygen atoms in total. The maximum Gasteiger partial charge on any atom is 0.255 e. The van der Waals surface area contributed by atoms with Crippen LogP contribution in [-0.2, 0) is 6.54 Å². The zero-order valence-electron chi connectivity index (χ0n) is 17.8. The van der Waals surface area contributed by atoms with Gasteiger partial charge in [-0.2, -0.15) is 4.68 Å². The molecule has 31 heavy (non-hydrogen) atoms. The van der Waals surface area contributed by atoms with Crippen molar-refractivity contribution in [1.82, 2.24) is 30.0 Å². The summed E-state index contributed by atoms with van der Waals surface area (Å²) in [4.78, 5) is 18.3. The van der Waals surface area contributed by atoms with E-state index >= 15 is 0 Å². The molecule has 1 aromatic heterocycles. The molecule has 1 aliphatic heterocycles. The summed E-state index contributed by atoms with van der Waals surface area (Å²) < 4.78 is 6.96. The second kappa shape index (κ2) is 9.93. The Labute approximate surface area is 186 Å². The molecular weight excluding hydrogens is 412 g/mol. The van der Waals surface area contributed by atoms with Crippen LogP contribution >= 0.6 is 11.8 Å². The van der Waals surface area contributed by atoms with Gasteiger partial charge in [-0.1, -0.05) is 19.1 Å². The van der Waals surface area contributed by atoms with Crippen LogP contribution in [-0.4, -0.2) is 75.0 Å². The number of carbonyl (C=O) groups excluding carboxylic acids is 1. The molecule has 0 spiro atoms. The number of benzene rings is 2. The van der Waals surface area contributed by atoms with Crippen molar-refractivity contribution in [3.63, 3.8) is 0 Å². The lowest BCUT2D eigenvalue weighted by Gasteiger charge is -2.34. The minimum Gasteiger partial charge on any atom is -0.497 e. The highest BCUT2D eigenvalue weighted by Crippen LogP contribution is 2.24. The number of thioether (sulfide) groups is 1. The number of aromatic nitrogens is 4. The van der Waals surface area contributed by atoms with Gasteiger partial charge in [0.25, 0.3) is 5.91 Å². The molecule has 9 heteroatoms. The first-order valence-corrected chi connectivity index (χ1v) is 11.3. The predicted octanol–water partition coefficient (Wildman–Crippen LogP) is 2.74. The summed E-state index contributed by atoms with van der Waals surface area (Å²) in [6.45, 7) is 5.67. The molecule has 2 aromatic carbocycles. The van der Waals surface area contributed by atoms with E-state index < -0.39 is 0 Å². The fourth-order valence-electron chi connectivity index (χ4n) is 3.63. The first-order chi connectivity index (χ1) is 15.2. The van der Waals surface area contributed by atoms with Gasteiger partial charge in [-0.25, -0.2) is 0 Å². The summed E-state index contributed by atoms with van der Waals surface area (Å²) in [7, 11) is 1.64. The molecule has 1 aliphatic rings. The topological polar surface area (TPSA) is 76.4 Å². The first kappa shape index (κ1) is 21.3. The standard InChI is InChI=1S/C22H26N6O2S/c1-3-31-20-7-5-4-6-19(20)22(29)27-14-12-26(13-15-27)16-21-23-24-25-28(21)17-8-10-18(30-2)11-9-17/h4-11H,3,12-16H2,1-2H3. The van der Waals surface area contributed by atoms with Gasteiger partial charge in [0, 0.05) is 31.1 Å². The molecule has 0 atom stereocenters. The highest BCUT2D eigenvalue weighted by Gasteiger charge is 2.25. The average Bonchev–Trinajstić information content (AvgIpc) is 3.28. The average molecular weight is 439 g/mol. The molecule has 1 amide bonds. The van der Waals surface area contributed by atoms with Crippen molar-refractivity contribution in [3.05, 3.63) is 59.9 Å². The molecule has 0 aliphatic carbocycles. The number of hydrogen-bond donors (Lipinski definition) is 0. The molecule has 0 N–H and O–H groups in total. The largest absolute Gasteiger partial charge is 0.497 e. The molecule has 4 rings (SSSR count). The molecule has 0 saturated carbocycles. The van der Waals surface area contributed by atoms with E-state index in [0.717, 1.165) is 46.6 Å². The van der Waals surface area contributed by atoms with E-state index in [1.807, 2.05) is 53.4 Å². The maximum atomic E-state index is 13.1. The maximum absolute atomic E-state index is 13.1. The van der Waals surface area contributed by atoms with Crippen LogP contribution in [0.25, 0.3) is 5.69 Å². The Balaban J connectivity index is 1.38. The summed E-state index contributed by atoms with van der Waals surface area (Å²) in [5, 5.41) is 12.2. The van der Waals surface area contributed by atoms with E-state index in [9.17, 15) is 4.79 Å². The Kier molecular flexibility index (Phi) is 6.83. The highest BCUT2D eigenvalue weighted by molar-refractivity contribution is 7.99. The van der Waals surface area contributed by atoms with Gasteiger partial charge >= 0.3 is 0 Å². The molecular formula is C22H26N6O2S. The Morgan fingerprint density at radius 3 is 2.52 bits per heavy atom. The van der Waals surface area contributed by atoms with Crippen molar-refractivity contribution in [1.29, 1.82) is 0 Å². The van der Waals surface area contributed by atoms with Gasteiger partial charge in [0.1, 0.15) is 5.75 Å². The minimum absolute atomic E-state index is 0.110. The summed E-state index contributed by atoms with van der Waals surface area (Å²) >= 11 is 1.71. The van der Waals surface area contributed by atoms with E-state index in [-0.39, 0.29) is 5.91 Å². The SMILES string of the molecule is CCSc1ccccc1C(=O)N1CCN(Cc2nnnn2-c2ccc(OC)cc2)CC1. The smallest absolute Gasteiger partial charge is 0.255 e. The summed E-state index contributed by atoms with van der Waals surface area (Å²) in [6.07, 6.45) is 0. The third kappa shape index (κ3) is 4.88. The van der Waals surface area contributed by atoms with Crippen LogP contribution in [0.4, 0.5) is 0 Å². The summed E-state index contributed by atoms with van der Waals surface area (Å²) in [5.41, 5.74) is 1.69. The van der Waals surface area contributed by atoms with Gasteiger partial charge in [-0.15, -0.1) is 16.9 Å². The van der Waals surface area contributed by atoms with E-state index in [2.05, 4.69) is 27.3 Å². The molecule has 0 unspecified atom stereocenters. The number of hydrogen-bond acceptors (Lipinski definition) is 7. The van der Waals surface area contributed by atoms with Crippen LogP contribution < -0.4 is 4.74 Å². The minimum atomic E-state index is 0.110. The zero-order chi connectivity index (χ0) is 21.6. The number of amides is 1. The molecule has 2 heterocycles. The van der Waals surface area contributed by atoms with Crippen molar-refractivity contribution < 1.29 is 9.53 Å². The van der Waals surface area contributed by atoms with E-state index in [0.29, 0.717) is 19.6 Å². The number of nitrogens with zero attached hydrogens (tertiary/aromatic N) is 6. The highest BCUT2D eigenvalue weighted by atomic mass is 32.2. The van der Waals surface area contributed by atoms with Crippen LogP contribution in [0.3, 0.4) is 0 Å². The van der Waals surface area contributed by atoms with E-state index in [4.69, 9.17) is 4.74 Å². The summed E-state index contributed by atoms with van der Waals surface area (Å²) in [6, 6.07) is 15.5. The molecule has 1 fully saturated rings. The number of piperazine rings is 1. The van der Waals surface area contributed by atoms with Crippen molar-refractivity contribution in [2.75, 3.05) is 39.0 Å². The third-order valence-corrected chi connectivity index (χ3v) is 6.25. The van der Waals surface area contributed by atoms with Crippen molar-refractivity contribution >= 4 is 17.7 Å². The lowest BCUT2D eigenvalue weighted by molar-refractivity contribution is 0.0621. The number of rotatable bonds is 7. The zero-order valence-corrected chi connectivity index (χ0v) is 18.6. The molecule has 162 valence electrons. The normalized spacial score (nSPS) is 14.6. The second-order valence-corrected chi connectivity index (χ2v) is 8.51. The fourth-order valence-corrected chi connectivity index (χ4v) is 4.43. The predicted molar refractivity (Wildman–Crippen MR) is 120 cm³/mol. The number of methoxy groups -OCH3 is 1. The Morgan fingerprint density at radius 2 is 1.81 bits per heavy atom. The Morgan fingerprint density at radius 1 is 1.06 bits per heavy atom. The lowest BCUT2D eigenvalue weighted by atomic mass is 10.2. The van der Waals surface area contributed by atoms with E-state index in [1.165, 1.54) is 0 Å².